The van der Waals surface area contributed by atoms with E-state index in [0.717, 1.165) is 56.3 Å². The molecule has 0 N–H and O–H groups in total. The average Bonchev–Trinajstić information content (AvgIpc) is 2.90. The first kappa shape index (κ1) is 13.7. The number of fused-ring (bicyclic) bond motifs is 1. The molecule has 20 heavy (non-hydrogen) atoms. The monoisotopic (exact) mass is 290 g/mol. The second kappa shape index (κ2) is 5.27. The van der Waals surface area contributed by atoms with Gasteiger partial charge >= 0.3 is 0 Å². The third-order valence-electron chi connectivity index (χ3n) is 4.45. The van der Waals surface area contributed by atoms with Gasteiger partial charge in [0.1, 0.15) is 5.75 Å². The molecule has 1 saturated heterocycles. The van der Waals surface area contributed by atoms with Crippen molar-refractivity contribution in [3.8, 4) is 11.8 Å². The van der Waals surface area contributed by atoms with E-state index in [4.69, 9.17) is 16.3 Å². The maximum absolute atomic E-state index is 9.18. The number of hydrogen-bond acceptors (Lipinski definition) is 3. The van der Waals surface area contributed by atoms with E-state index < -0.39 is 0 Å². The van der Waals surface area contributed by atoms with Gasteiger partial charge < -0.3 is 4.74 Å². The van der Waals surface area contributed by atoms with Crippen LogP contribution in [0, 0.1) is 16.7 Å². The fourth-order valence-corrected chi connectivity index (χ4v) is 3.28. The summed E-state index contributed by atoms with van der Waals surface area (Å²) in [5, 5.41) is 9.98. The summed E-state index contributed by atoms with van der Waals surface area (Å²) < 4.78 is 5.75. The van der Waals surface area contributed by atoms with E-state index in [1.807, 2.05) is 12.1 Å². The van der Waals surface area contributed by atoms with Gasteiger partial charge in [0, 0.05) is 23.6 Å². The lowest BCUT2D eigenvalue weighted by molar-refractivity contribution is 0.149. The number of benzene rings is 1. The summed E-state index contributed by atoms with van der Waals surface area (Å²) in [6.45, 7) is 5.61. The molecule has 106 valence electrons. The first-order valence-electron chi connectivity index (χ1n) is 7.17. The van der Waals surface area contributed by atoms with Gasteiger partial charge in [0.2, 0.25) is 0 Å². The molecule has 0 atom stereocenters. The highest BCUT2D eigenvalue weighted by atomic mass is 35.5. The molecular weight excluding hydrogens is 272 g/mol. The third kappa shape index (κ3) is 2.63. The van der Waals surface area contributed by atoms with Gasteiger partial charge in [-0.1, -0.05) is 11.6 Å². The van der Waals surface area contributed by atoms with E-state index in [1.165, 1.54) is 11.1 Å². The summed E-state index contributed by atoms with van der Waals surface area (Å²) in [4.78, 5) is 2.40. The molecule has 3 nitrogen and oxygen atoms in total. The molecule has 0 spiro atoms. The fourth-order valence-electron chi connectivity index (χ4n) is 3.02. The Morgan fingerprint density at radius 3 is 2.85 bits per heavy atom. The van der Waals surface area contributed by atoms with Crippen molar-refractivity contribution in [2.75, 3.05) is 19.7 Å². The van der Waals surface area contributed by atoms with Gasteiger partial charge in [-0.25, -0.2) is 0 Å². The molecule has 0 saturated carbocycles. The second-order valence-electron chi connectivity index (χ2n) is 6.10. The smallest absolute Gasteiger partial charge is 0.127 e. The van der Waals surface area contributed by atoms with Crippen LogP contribution in [0.4, 0.5) is 0 Å². The Labute approximate surface area is 125 Å². The largest absolute Gasteiger partial charge is 0.493 e. The average molecular weight is 291 g/mol. The molecule has 0 bridgehead atoms. The first-order chi connectivity index (χ1) is 9.59. The minimum Gasteiger partial charge on any atom is -0.493 e. The fraction of sp³-hybridized carbons (Fsp3) is 0.562. The van der Waals surface area contributed by atoms with E-state index in [9.17, 15) is 5.26 Å². The molecule has 0 radical (unpaired) electrons. The van der Waals surface area contributed by atoms with Gasteiger partial charge in [-0.15, -0.1) is 0 Å². The molecular formula is C16H19ClN2O. The Morgan fingerprint density at radius 2 is 2.15 bits per heavy atom. The zero-order valence-corrected chi connectivity index (χ0v) is 12.5. The summed E-state index contributed by atoms with van der Waals surface area (Å²) in [6, 6.07) is 6.47. The van der Waals surface area contributed by atoms with Crippen LogP contribution in [0.2, 0.25) is 5.02 Å². The van der Waals surface area contributed by atoms with Crippen LogP contribution in [0.5, 0.6) is 5.75 Å². The van der Waals surface area contributed by atoms with Gasteiger partial charge in [0.05, 0.1) is 18.1 Å². The maximum atomic E-state index is 9.18. The van der Waals surface area contributed by atoms with Crippen molar-refractivity contribution in [2.45, 2.75) is 32.7 Å². The van der Waals surface area contributed by atoms with Crippen LogP contribution in [0.25, 0.3) is 0 Å². The topological polar surface area (TPSA) is 36.3 Å². The Hall–Kier alpha value is -1.24. The molecule has 0 aromatic heterocycles. The zero-order chi connectivity index (χ0) is 14.2. The highest BCUT2D eigenvalue weighted by Crippen LogP contribution is 2.35. The SMILES string of the molecule is CC1(C#N)CCN(Cc2cc(Cl)cc3c2OCC3)CC1. The summed E-state index contributed by atoms with van der Waals surface area (Å²) in [7, 11) is 0. The Bertz CT molecular complexity index is 556. The zero-order valence-electron chi connectivity index (χ0n) is 11.8. The minimum absolute atomic E-state index is 0.150. The molecule has 1 aromatic rings. The molecule has 2 heterocycles. The molecule has 3 rings (SSSR count). The van der Waals surface area contributed by atoms with E-state index in [2.05, 4.69) is 17.9 Å². The van der Waals surface area contributed by atoms with Crippen molar-refractivity contribution in [2.24, 2.45) is 5.41 Å². The lowest BCUT2D eigenvalue weighted by Gasteiger charge is -2.35. The maximum Gasteiger partial charge on any atom is 0.127 e. The predicted molar refractivity (Wildman–Crippen MR) is 78.9 cm³/mol. The Balaban J connectivity index is 1.72. The quantitative estimate of drug-likeness (QED) is 0.837. The molecule has 2 aliphatic rings. The number of rotatable bonds is 2. The van der Waals surface area contributed by atoms with Gasteiger partial charge in [-0.3, -0.25) is 4.90 Å². The summed E-state index contributed by atoms with van der Waals surface area (Å²) in [6.07, 6.45) is 2.83. The number of ether oxygens (including phenoxy) is 1. The van der Waals surface area contributed by atoms with Crippen molar-refractivity contribution in [1.29, 1.82) is 5.26 Å². The molecule has 0 amide bonds. The molecule has 4 heteroatoms. The van der Waals surface area contributed by atoms with Crippen LogP contribution in [-0.2, 0) is 13.0 Å². The van der Waals surface area contributed by atoms with Gasteiger partial charge in [0.25, 0.3) is 0 Å². The van der Waals surface area contributed by atoms with Crippen molar-refractivity contribution in [3.63, 3.8) is 0 Å². The number of likely N-dealkylation sites (tertiary alicyclic amines) is 1. The van der Waals surface area contributed by atoms with Crippen molar-refractivity contribution >= 4 is 11.6 Å². The van der Waals surface area contributed by atoms with Crippen LogP contribution < -0.4 is 4.74 Å². The normalized spacial score (nSPS) is 21.1. The Morgan fingerprint density at radius 1 is 1.40 bits per heavy atom. The first-order valence-corrected chi connectivity index (χ1v) is 7.55. The third-order valence-corrected chi connectivity index (χ3v) is 4.67. The lowest BCUT2D eigenvalue weighted by Crippen LogP contribution is -2.37. The van der Waals surface area contributed by atoms with E-state index in [0.29, 0.717) is 0 Å². The van der Waals surface area contributed by atoms with Crippen molar-refractivity contribution in [1.82, 2.24) is 4.90 Å². The highest BCUT2D eigenvalue weighted by Gasteiger charge is 2.30. The number of nitrogens with zero attached hydrogens (tertiary/aromatic N) is 2. The van der Waals surface area contributed by atoms with Gasteiger partial charge in [-0.05, 0) is 50.6 Å². The van der Waals surface area contributed by atoms with Crippen LogP contribution in [0.1, 0.15) is 30.9 Å². The minimum atomic E-state index is -0.150. The summed E-state index contributed by atoms with van der Waals surface area (Å²) >= 11 is 6.20. The predicted octanol–water partition coefficient (Wildman–Crippen LogP) is 3.40. The lowest BCUT2D eigenvalue weighted by atomic mass is 9.82. The van der Waals surface area contributed by atoms with Crippen LogP contribution in [0.15, 0.2) is 12.1 Å². The van der Waals surface area contributed by atoms with Gasteiger partial charge in [0.15, 0.2) is 0 Å². The summed E-state index contributed by atoms with van der Waals surface area (Å²) in [5.74, 6) is 1.03. The number of hydrogen-bond donors (Lipinski definition) is 0. The number of piperidine rings is 1. The molecule has 1 aromatic carbocycles. The number of nitriles is 1. The van der Waals surface area contributed by atoms with Crippen molar-refractivity contribution in [3.05, 3.63) is 28.3 Å². The second-order valence-corrected chi connectivity index (χ2v) is 6.54. The van der Waals surface area contributed by atoms with Crippen molar-refractivity contribution < 1.29 is 4.74 Å². The molecule has 1 fully saturated rings. The summed E-state index contributed by atoms with van der Waals surface area (Å²) in [5.41, 5.74) is 2.26. The van der Waals surface area contributed by atoms with Crippen LogP contribution in [0.3, 0.4) is 0 Å². The highest BCUT2D eigenvalue weighted by molar-refractivity contribution is 6.30. The Kier molecular flexibility index (Phi) is 3.62. The van der Waals surface area contributed by atoms with E-state index >= 15 is 0 Å². The standard InChI is InChI=1S/C16H19ClN2O/c1-16(11-18)3-5-19(6-4-16)10-13-9-14(17)8-12-2-7-20-15(12)13/h8-9H,2-7,10H2,1H3. The van der Waals surface area contributed by atoms with E-state index in [-0.39, 0.29) is 5.41 Å². The van der Waals surface area contributed by atoms with E-state index in [1.54, 1.807) is 0 Å². The van der Waals surface area contributed by atoms with Gasteiger partial charge in [-0.2, -0.15) is 5.26 Å². The van der Waals surface area contributed by atoms with Crippen LogP contribution >= 0.6 is 11.6 Å². The number of halogens is 1. The molecule has 0 unspecified atom stereocenters. The molecule has 2 aliphatic heterocycles. The molecule has 0 aliphatic carbocycles. The van der Waals surface area contributed by atoms with Crippen LogP contribution in [-0.4, -0.2) is 24.6 Å².